The van der Waals surface area contributed by atoms with Crippen molar-refractivity contribution in [3.8, 4) is 0 Å². The van der Waals surface area contributed by atoms with E-state index < -0.39 is 5.60 Å². The van der Waals surface area contributed by atoms with Crippen LogP contribution in [0.2, 0.25) is 0 Å². The first kappa shape index (κ1) is 16.9. The van der Waals surface area contributed by atoms with Gasteiger partial charge in [-0.05, 0) is 44.8 Å². The van der Waals surface area contributed by atoms with Gasteiger partial charge >= 0.3 is 0 Å². The molecule has 0 aromatic carbocycles. The molecule has 2 atom stereocenters. The second kappa shape index (κ2) is 8.28. The van der Waals surface area contributed by atoms with Crippen molar-refractivity contribution in [2.24, 2.45) is 4.99 Å². The van der Waals surface area contributed by atoms with Gasteiger partial charge in [-0.1, -0.05) is 19.8 Å². The Morgan fingerprint density at radius 3 is 2.71 bits per heavy atom. The second-order valence-corrected chi connectivity index (χ2v) is 7.94. The Hall–Kier alpha value is -0.420. The van der Waals surface area contributed by atoms with Crippen molar-refractivity contribution in [3.05, 3.63) is 0 Å². The molecule has 2 fully saturated rings. The molecule has 122 valence electrons. The number of thioether (sulfide) groups is 1. The summed E-state index contributed by atoms with van der Waals surface area (Å²) in [6, 6.07) is 0.532. The summed E-state index contributed by atoms with van der Waals surface area (Å²) in [7, 11) is 0. The van der Waals surface area contributed by atoms with Gasteiger partial charge in [0, 0.05) is 17.8 Å². The van der Waals surface area contributed by atoms with Crippen LogP contribution < -0.4 is 10.6 Å². The van der Waals surface area contributed by atoms with Gasteiger partial charge < -0.3 is 15.7 Å². The van der Waals surface area contributed by atoms with Gasteiger partial charge in [-0.15, -0.1) is 0 Å². The molecule has 4 nitrogen and oxygen atoms in total. The van der Waals surface area contributed by atoms with Crippen molar-refractivity contribution >= 4 is 17.7 Å². The Kier molecular flexibility index (Phi) is 6.68. The van der Waals surface area contributed by atoms with Gasteiger partial charge in [0.05, 0.1) is 12.1 Å². The molecule has 0 spiro atoms. The maximum Gasteiger partial charge on any atom is 0.191 e. The van der Waals surface area contributed by atoms with E-state index in [1.165, 1.54) is 25.0 Å². The lowest BCUT2D eigenvalue weighted by Gasteiger charge is -2.22. The first-order valence-electron chi connectivity index (χ1n) is 8.54. The average molecular weight is 314 g/mol. The van der Waals surface area contributed by atoms with Crippen molar-refractivity contribution in [2.75, 3.05) is 18.8 Å². The Morgan fingerprint density at radius 1 is 1.29 bits per heavy atom. The third-order valence-corrected chi connectivity index (χ3v) is 5.77. The third kappa shape index (κ3) is 5.37. The molecule has 0 aromatic rings. The van der Waals surface area contributed by atoms with Gasteiger partial charge in [-0.2, -0.15) is 11.8 Å². The highest BCUT2D eigenvalue weighted by atomic mass is 32.2. The van der Waals surface area contributed by atoms with Crippen LogP contribution in [0.25, 0.3) is 0 Å². The standard InChI is InChI=1S/C16H31N3OS/c1-3-17-15(18-12-16(20)9-5-6-10-16)19-13-7-8-14(11-13)21-4-2/h13-14,20H,3-12H2,1-2H3,(H2,17,18,19). The van der Waals surface area contributed by atoms with Gasteiger partial charge in [-0.25, -0.2) is 0 Å². The van der Waals surface area contributed by atoms with Crippen LogP contribution in [-0.4, -0.2) is 46.8 Å². The summed E-state index contributed by atoms with van der Waals surface area (Å²) in [5.41, 5.74) is -0.557. The van der Waals surface area contributed by atoms with Crippen molar-refractivity contribution < 1.29 is 5.11 Å². The predicted molar refractivity (Wildman–Crippen MR) is 92.1 cm³/mol. The van der Waals surface area contributed by atoms with E-state index in [2.05, 4.69) is 41.2 Å². The Balaban J connectivity index is 1.84. The molecule has 0 amide bonds. The molecule has 3 N–H and O–H groups in total. The van der Waals surface area contributed by atoms with E-state index in [-0.39, 0.29) is 0 Å². The van der Waals surface area contributed by atoms with Crippen molar-refractivity contribution in [1.82, 2.24) is 10.6 Å². The maximum atomic E-state index is 10.4. The monoisotopic (exact) mass is 313 g/mol. The van der Waals surface area contributed by atoms with E-state index in [0.717, 1.165) is 43.4 Å². The maximum absolute atomic E-state index is 10.4. The predicted octanol–water partition coefficient (Wildman–Crippen LogP) is 2.52. The van der Waals surface area contributed by atoms with Crippen LogP contribution in [0.3, 0.4) is 0 Å². The molecule has 0 bridgehead atoms. The summed E-state index contributed by atoms with van der Waals surface area (Å²) >= 11 is 2.08. The highest BCUT2D eigenvalue weighted by Crippen LogP contribution is 2.30. The number of aliphatic hydroxyl groups is 1. The number of nitrogens with one attached hydrogen (secondary N) is 2. The Bertz CT molecular complexity index is 342. The van der Waals surface area contributed by atoms with Crippen LogP contribution in [0.4, 0.5) is 0 Å². The fourth-order valence-corrected chi connectivity index (χ4v) is 4.53. The topological polar surface area (TPSA) is 56.7 Å². The third-order valence-electron chi connectivity index (χ3n) is 4.54. The van der Waals surface area contributed by atoms with Crippen LogP contribution in [0, 0.1) is 0 Å². The summed E-state index contributed by atoms with van der Waals surface area (Å²) in [6.45, 7) is 5.72. The summed E-state index contributed by atoms with van der Waals surface area (Å²) in [5, 5.41) is 18.1. The van der Waals surface area contributed by atoms with Gasteiger partial charge in [-0.3, -0.25) is 4.99 Å². The van der Waals surface area contributed by atoms with Crippen molar-refractivity contribution in [3.63, 3.8) is 0 Å². The molecule has 0 heterocycles. The zero-order valence-corrected chi connectivity index (χ0v) is 14.3. The lowest BCUT2D eigenvalue weighted by atomic mass is 10.0. The highest BCUT2D eigenvalue weighted by Gasteiger charge is 2.31. The van der Waals surface area contributed by atoms with Gasteiger partial charge in [0.1, 0.15) is 0 Å². The molecule has 5 heteroatoms. The summed E-state index contributed by atoms with van der Waals surface area (Å²) < 4.78 is 0. The SMILES string of the molecule is CCNC(=NCC1(O)CCCC1)NC1CCC(SCC)C1. The Morgan fingerprint density at radius 2 is 2.05 bits per heavy atom. The molecular formula is C16H31N3OS. The van der Waals surface area contributed by atoms with Crippen LogP contribution in [-0.2, 0) is 0 Å². The molecule has 0 radical (unpaired) electrons. The fraction of sp³-hybridized carbons (Fsp3) is 0.938. The van der Waals surface area contributed by atoms with Gasteiger partial charge in [0.25, 0.3) is 0 Å². The normalized spacial score (nSPS) is 28.8. The van der Waals surface area contributed by atoms with E-state index in [0.29, 0.717) is 12.6 Å². The first-order valence-corrected chi connectivity index (χ1v) is 9.59. The average Bonchev–Trinajstić information content (AvgIpc) is 3.07. The van der Waals surface area contributed by atoms with Crippen molar-refractivity contribution in [2.45, 2.75) is 75.7 Å². The molecule has 2 saturated carbocycles. The number of rotatable bonds is 6. The summed E-state index contributed by atoms with van der Waals surface area (Å²) in [5.74, 6) is 2.09. The van der Waals surface area contributed by atoms with E-state index >= 15 is 0 Å². The van der Waals surface area contributed by atoms with Crippen molar-refractivity contribution in [1.29, 1.82) is 0 Å². The molecule has 21 heavy (non-hydrogen) atoms. The van der Waals surface area contributed by atoms with Gasteiger partial charge in [0.15, 0.2) is 5.96 Å². The smallest absolute Gasteiger partial charge is 0.191 e. The molecule has 0 saturated heterocycles. The lowest BCUT2D eigenvalue weighted by molar-refractivity contribution is 0.0574. The number of aliphatic imine (C=N–C) groups is 1. The van der Waals surface area contributed by atoms with E-state index in [1.54, 1.807) is 0 Å². The minimum Gasteiger partial charge on any atom is -0.388 e. The number of guanidine groups is 1. The quantitative estimate of drug-likeness (QED) is 0.521. The number of hydrogen-bond donors (Lipinski definition) is 3. The fourth-order valence-electron chi connectivity index (χ4n) is 3.39. The Labute approximate surface area is 133 Å². The van der Waals surface area contributed by atoms with E-state index in [4.69, 9.17) is 0 Å². The molecule has 0 aromatic heterocycles. The zero-order chi connectivity index (χ0) is 15.1. The minimum absolute atomic E-state index is 0.530. The van der Waals surface area contributed by atoms with E-state index in [1.807, 2.05) is 0 Å². The van der Waals surface area contributed by atoms with Crippen LogP contribution in [0.1, 0.15) is 58.8 Å². The molecule has 2 aliphatic carbocycles. The van der Waals surface area contributed by atoms with E-state index in [9.17, 15) is 5.11 Å². The highest BCUT2D eigenvalue weighted by molar-refractivity contribution is 7.99. The zero-order valence-electron chi connectivity index (χ0n) is 13.5. The van der Waals surface area contributed by atoms with Gasteiger partial charge in [0.2, 0.25) is 0 Å². The molecular weight excluding hydrogens is 282 g/mol. The van der Waals surface area contributed by atoms with Crippen LogP contribution in [0.5, 0.6) is 0 Å². The lowest BCUT2D eigenvalue weighted by Crippen LogP contribution is -2.43. The minimum atomic E-state index is -0.557. The summed E-state index contributed by atoms with van der Waals surface area (Å²) in [6.07, 6.45) is 7.82. The number of hydrogen-bond acceptors (Lipinski definition) is 3. The molecule has 2 aliphatic rings. The molecule has 2 rings (SSSR count). The second-order valence-electron chi connectivity index (χ2n) is 6.36. The van der Waals surface area contributed by atoms with Crippen LogP contribution >= 0.6 is 11.8 Å². The molecule has 0 aliphatic heterocycles. The molecule has 2 unspecified atom stereocenters. The summed E-state index contributed by atoms with van der Waals surface area (Å²) in [4.78, 5) is 4.64. The van der Waals surface area contributed by atoms with Crippen LogP contribution in [0.15, 0.2) is 4.99 Å². The largest absolute Gasteiger partial charge is 0.388 e. The first-order chi connectivity index (χ1) is 10.1. The number of nitrogens with zero attached hydrogens (tertiary/aromatic N) is 1.